The van der Waals surface area contributed by atoms with Gasteiger partial charge >= 0.3 is 0 Å². The zero-order chi connectivity index (χ0) is 14.3. The molecule has 1 aromatic rings. The normalized spacial score (nSPS) is 24.5. The van der Waals surface area contributed by atoms with Gasteiger partial charge in [0, 0.05) is 18.7 Å². The molecular formula is C12H16N2O3S2. The molecule has 0 bridgehead atoms. The topological polar surface area (TPSA) is 83.6 Å². The molecule has 0 spiro atoms. The molecule has 1 unspecified atom stereocenters. The molecule has 0 amide bonds. The van der Waals surface area contributed by atoms with Gasteiger partial charge in [-0.25, -0.2) is 8.42 Å². The minimum atomic E-state index is -3.68. The molecular weight excluding hydrogens is 284 g/mol. The molecule has 0 radical (unpaired) electrons. The van der Waals surface area contributed by atoms with Crippen LogP contribution < -0.4 is 5.73 Å². The number of aliphatic hydroxyl groups is 1. The van der Waals surface area contributed by atoms with Crippen LogP contribution in [-0.2, 0) is 10.0 Å². The first-order valence-corrected chi connectivity index (χ1v) is 7.70. The molecule has 1 atom stereocenters. The smallest absolute Gasteiger partial charge is 0.243 e. The average Bonchev–Trinajstić information content (AvgIpc) is 2.70. The lowest BCUT2D eigenvalue weighted by Crippen LogP contribution is -2.34. The third-order valence-electron chi connectivity index (χ3n) is 3.19. The molecule has 7 heteroatoms. The highest BCUT2D eigenvalue weighted by molar-refractivity contribution is 7.89. The Labute approximate surface area is 118 Å². The Morgan fingerprint density at radius 1 is 1.47 bits per heavy atom. The lowest BCUT2D eigenvalue weighted by atomic mass is 10.1. The van der Waals surface area contributed by atoms with E-state index in [4.69, 9.17) is 18.0 Å². The largest absolute Gasteiger partial charge is 0.389 e. The van der Waals surface area contributed by atoms with E-state index in [1.165, 1.54) is 10.4 Å². The Balaban J connectivity index is 2.44. The molecule has 1 fully saturated rings. The fourth-order valence-electron chi connectivity index (χ4n) is 2.14. The predicted molar refractivity (Wildman–Crippen MR) is 76.3 cm³/mol. The van der Waals surface area contributed by atoms with Crippen LogP contribution in [0.4, 0.5) is 0 Å². The van der Waals surface area contributed by atoms with Crippen molar-refractivity contribution in [3.63, 3.8) is 0 Å². The number of hydrogen-bond donors (Lipinski definition) is 2. The second-order valence-electron chi connectivity index (χ2n) is 4.95. The van der Waals surface area contributed by atoms with E-state index in [-0.39, 0.29) is 16.4 Å². The number of β-amino-alcohol motifs (C(OH)–C–C–N with tert-alkyl or cyclic N) is 1. The van der Waals surface area contributed by atoms with Gasteiger partial charge in [-0.2, -0.15) is 4.31 Å². The molecule has 1 heterocycles. The number of rotatable bonds is 3. The van der Waals surface area contributed by atoms with Gasteiger partial charge in [0.05, 0.1) is 10.5 Å². The van der Waals surface area contributed by atoms with Crippen LogP contribution in [0.5, 0.6) is 0 Å². The van der Waals surface area contributed by atoms with Gasteiger partial charge in [-0.05, 0) is 19.4 Å². The van der Waals surface area contributed by atoms with Crippen molar-refractivity contribution in [1.29, 1.82) is 0 Å². The van der Waals surface area contributed by atoms with Crippen molar-refractivity contribution in [2.45, 2.75) is 23.8 Å². The first-order valence-electron chi connectivity index (χ1n) is 5.85. The molecule has 1 aliphatic heterocycles. The van der Waals surface area contributed by atoms with Crippen LogP contribution >= 0.6 is 12.2 Å². The number of benzene rings is 1. The van der Waals surface area contributed by atoms with E-state index in [1.54, 1.807) is 25.1 Å². The van der Waals surface area contributed by atoms with Gasteiger partial charge < -0.3 is 10.8 Å². The lowest BCUT2D eigenvalue weighted by molar-refractivity contribution is 0.0762. The number of thiocarbonyl (C=S) groups is 1. The van der Waals surface area contributed by atoms with E-state index in [0.29, 0.717) is 18.5 Å². The monoisotopic (exact) mass is 300 g/mol. The first kappa shape index (κ1) is 14.4. The Kier molecular flexibility index (Phi) is 3.65. The van der Waals surface area contributed by atoms with Crippen LogP contribution in [0.3, 0.4) is 0 Å². The number of sulfonamides is 1. The molecule has 5 nitrogen and oxygen atoms in total. The summed E-state index contributed by atoms with van der Waals surface area (Å²) in [6, 6.07) is 6.39. The highest BCUT2D eigenvalue weighted by Crippen LogP contribution is 2.28. The van der Waals surface area contributed by atoms with Gasteiger partial charge in [-0.15, -0.1) is 0 Å². The minimum Gasteiger partial charge on any atom is -0.389 e. The van der Waals surface area contributed by atoms with Crippen LogP contribution in [0.1, 0.15) is 18.9 Å². The molecule has 1 aromatic carbocycles. The molecule has 3 N–H and O–H groups in total. The summed E-state index contributed by atoms with van der Waals surface area (Å²) < 4.78 is 26.4. The summed E-state index contributed by atoms with van der Waals surface area (Å²) in [5.74, 6) is 0. The van der Waals surface area contributed by atoms with Crippen molar-refractivity contribution in [2.75, 3.05) is 13.1 Å². The standard InChI is InChI=1S/C12H16N2O3S2/c1-12(15)6-7-14(8-12)19(16,17)10-5-3-2-4-9(10)11(13)18/h2-5,15H,6-8H2,1H3,(H2,13,18). The summed E-state index contributed by atoms with van der Waals surface area (Å²) in [6.45, 7) is 2.00. The van der Waals surface area contributed by atoms with Crippen molar-refractivity contribution < 1.29 is 13.5 Å². The van der Waals surface area contributed by atoms with Crippen molar-refractivity contribution in [3.05, 3.63) is 29.8 Å². The molecule has 19 heavy (non-hydrogen) atoms. The van der Waals surface area contributed by atoms with Crippen molar-refractivity contribution in [3.8, 4) is 0 Å². The van der Waals surface area contributed by atoms with Gasteiger partial charge in [0.1, 0.15) is 4.99 Å². The maximum atomic E-state index is 12.5. The maximum Gasteiger partial charge on any atom is 0.243 e. The Morgan fingerprint density at radius 3 is 2.63 bits per heavy atom. The summed E-state index contributed by atoms with van der Waals surface area (Å²) in [6.07, 6.45) is 0.418. The molecule has 1 aliphatic rings. The Morgan fingerprint density at radius 2 is 2.11 bits per heavy atom. The van der Waals surface area contributed by atoms with Gasteiger partial charge in [0.25, 0.3) is 0 Å². The van der Waals surface area contributed by atoms with E-state index < -0.39 is 15.6 Å². The number of nitrogens with two attached hydrogens (primary N) is 1. The fraction of sp³-hybridized carbons (Fsp3) is 0.417. The summed E-state index contributed by atoms with van der Waals surface area (Å²) in [4.78, 5) is 0.144. The maximum absolute atomic E-state index is 12.5. The van der Waals surface area contributed by atoms with E-state index in [2.05, 4.69) is 0 Å². The second-order valence-corrected chi connectivity index (χ2v) is 7.29. The SMILES string of the molecule is CC1(O)CCN(S(=O)(=O)c2ccccc2C(N)=S)C1. The molecule has 0 aliphatic carbocycles. The van der Waals surface area contributed by atoms with Crippen molar-refractivity contribution in [2.24, 2.45) is 5.73 Å². The van der Waals surface area contributed by atoms with Gasteiger partial charge in [0.2, 0.25) is 10.0 Å². The quantitative estimate of drug-likeness (QED) is 0.793. The Hall–Kier alpha value is -1.02. The van der Waals surface area contributed by atoms with Crippen LogP contribution in [-0.4, -0.2) is 41.5 Å². The first-order chi connectivity index (χ1) is 8.74. The Bertz CT molecular complexity index is 611. The van der Waals surface area contributed by atoms with Crippen molar-refractivity contribution >= 4 is 27.2 Å². The van der Waals surface area contributed by atoms with Crippen LogP contribution in [0, 0.1) is 0 Å². The zero-order valence-corrected chi connectivity index (χ0v) is 12.2. The van der Waals surface area contributed by atoms with Crippen LogP contribution in [0.2, 0.25) is 0 Å². The van der Waals surface area contributed by atoms with E-state index >= 15 is 0 Å². The van der Waals surface area contributed by atoms with Crippen LogP contribution in [0.15, 0.2) is 29.2 Å². The van der Waals surface area contributed by atoms with Crippen molar-refractivity contribution in [1.82, 2.24) is 4.31 Å². The molecule has 0 saturated carbocycles. The van der Waals surface area contributed by atoms with Gasteiger partial charge in [-0.3, -0.25) is 0 Å². The lowest BCUT2D eigenvalue weighted by Gasteiger charge is -2.20. The summed E-state index contributed by atoms with van der Waals surface area (Å²) >= 11 is 4.88. The minimum absolute atomic E-state index is 0.0464. The highest BCUT2D eigenvalue weighted by atomic mass is 32.2. The molecule has 104 valence electrons. The fourth-order valence-corrected chi connectivity index (χ4v) is 4.15. The molecule has 2 rings (SSSR count). The number of hydrogen-bond acceptors (Lipinski definition) is 4. The van der Waals surface area contributed by atoms with E-state index in [0.717, 1.165) is 0 Å². The van der Waals surface area contributed by atoms with E-state index in [1.807, 2.05) is 0 Å². The summed E-state index contributed by atoms with van der Waals surface area (Å²) in [7, 11) is -3.68. The number of nitrogens with zero attached hydrogens (tertiary/aromatic N) is 1. The van der Waals surface area contributed by atoms with Gasteiger partial charge in [-0.1, -0.05) is 30.4 Å². The highest BCUT2D eigenvalue weighted by Gasteiger charge is 2.39. The average molecular weight is 300 g/mol. The predicted octanol–water partition coefficient (Wildman–Crippen LogP) is 0.466. The summed E-state index contributed by atoms with van der Waals surface area (Å²) in [5, 5.41) is 9.90. The van der Waals surface area contributed by atoms with Gasteiger partial charge in [0.15, 0.2) is 0 Å². The van der Waals surface area contributed by atoms with Crippen LogP contribution in [0.25, 0.3) is 0 Å². The third-order valence-corrected chi connectivity index (χ3v) is 5.31. The molecule has 1 saturated heterocycles. The van der Waals surface area contributed by atoms with E-state index in [9.17, 15) is 13.5 Å². The second kappa shape index (κ2) is 4.82. The third kappa shape index (κ3) is 2.79. The molecule has 0 aromatic heterocycles. The zero-order valence-electron chi connectivity index (χ0n) is 10.5. The summed E-state index contributed by atoms with van der Waals surface area (Å²) in [5.41, 5.74) is 4.92.